The van der Waals surface area contributed by atoms with Crippen molar-refractivity contribution in [2.24, 2.45) is 5.92 Å². The van der Waals surface area contributed by atoms with Gasteiger partial charge in [-0.2, -0.15) is 5.10 Å². The van der Waals surface area contributed by atoms with Gasteiger partial charge in [-0.15, -0.1) is 0 Å². The Bertz CT molecular complexity index is 650. The molecule has 110 valence electrons. The molecule has 21 heavy (non-hydrogen) atoms. The summed E-state index contributed by atoms with van der Waals surface area (Å²) in [7, 11) is 0. The van der Waals surface area contributed by atoms with E-state index in [1.807, 2.05) is 25.3 Å². The number of nitrogens with zero attached hydrogens (tertiary/aromatic N) is 2. The van der Waals surface area contributed by atoms with E-state index in [1.165, 1.54) is 0 Å². The van der Waals surface area contributed by atoms with Crippen LogP contribution in [0.3, 0.4) is 0 Å². The van der Waals surface area contributed by atoms with Crippen molar-refractivity contribution in [2.45, 2.75) is 13.8 Å². The zero-order valence-corrected chi connectivity index (χ0v) is 11.9. The number of aromatic nitrogens is 2. The zero-order chi connectivity index (χ0) is 15.4. The van der Waals surface area contributed by atoms with Gasteiger partial charge < -0.3 is 10.4 Å². The summed E-state index contributed by atoms with van der Waals surface area (Å²) in [4.78, 5) is 22.7. The number of amides is 1. The van der Waals surface area contributed by atoms with E-state index < -0.39 is 11.9 Å². The largest absolute Gasteiger partial charge is 0.481 e. The number of aryl methyl sites for hydroxylation is 1. The Morgan fingerprint density at radius 1 is 1.43 bits per heavy atom. The molecule has 0 bridgehead atoms. The van der Waals surface area contributed by atoms with Crippen molar-refractivity contribution in [3.63, 3.8) is 0 Å². The second-order valence-electron chi connectivity index (χ2n) is 4.90. The minimum absolute atomic E-state index is 0.105. The summed E-state index contributed by atoms with van der Waals surface area (Å²) in [5.41, 5.74) is 2.31. The van der Waals surface area contributed by atoms with E-state index in [0.29, 0.717) is 5.56 Å². The Hall–Kier alpha value is -2.63. The highest BCUT2D eigenvalue weighted by molar-refractivity contribution is 5.94. The van der Waals surface area contributed by atoms with E-state index in [9.17, 15) is 9.59 Å². The Balaban J connectivity index is 2.09. The van der Waals surface area contributed by atoms with Gasteiger partial charge in [-0.1, -0.05) is 6.92 Å². The number of benzene rings is 1. The molecule has 1 aromatic heterocycles. The van der Waals surface area contributed by atoms with Gasteiger partial charge in [0.15, 0.2) is 0 Å². The molecule has 0 spiro atoms. The molecule has 2 aromatic rings. The fourth-order valence-corrected chi connectivity index (χ4v) is 1.90. The molecule has 0 aliphatic rings. The number of hydrogen-bond acceptors (Lipinski definition) is 3. The zero-order valence-electron chi connectivity index (χ0n) is 11.9. The molecule has 0 saturated heterocycles. The highest BCUT2D eigenvalue weighted by Crippen LogP contribution is 2.15. The Morgan fingerprint density at radius 3 is 2.76 bits per heavy atom. The molecule has 2 N–H and O–H groups in total. The van der Waals surface area contributed by atoms with Gasteiger partial charge in [0, 0.05) is 24.5 Å². The first kappa shape index (κ1) is 14.8. The second-order valence-corrected chi connectivity index (χ2v) is 4.90. The quantitative estimate of drug-likeness (QED) is 0.875. The van der Waals surface area contributed by atoms with Gasteiger partial charge in [-0.25, -0.2) is 4.68 Å². The van der Waals surface area contributed by atoms with Crippen LogP contribution in [0.25, 0.3) is 5.69 Å². The predicted octanol–water partition coefficient (Wildman–Crippen LogP) is 1.63. The van der Waals surface area contributed by atoms with Crippen LogP contribution in [0.4, 0.5) is 0 Å². The standard InChI is InChI=1S/C15H17N3O3/c1-10-8-12(14(19)16-9-11(2)15(20)21)4-5-13(10)18-7-3-6-17-18/h3-8,11H,9H2,1-2H3,(H,16,19)(H,20,21). The lowest BCUT2D eigenvalue weighted by atomic mass is 10.1. The summed E-state index contributed by atoms with van der Waals surface area (Å²) < 4.78 is 1.73. The Morgan fingerprint density at radius 2 is 2.19 bits per heavy atom. The lowest BCUT2D eigenvalue weighted by Crippen LogP contribution is -2.31. The summed E-state index contributed by atoms with van der Waals surface area (Å²) in [6, 6.07) is 7.10. The number of rotatable bonds is 5. The van der Waals surface area contributed by atoms with Crippen LogP contribution in [0.1, 0.15) is 22.8 Å². The van der Waals surface area contributed by atoms with E-state index in [-0.39, 0.29) is 12.5 Å². The summed E-state index contributed by atoms with van der Waals surface area (Å²) in [5.74, 6) is -1.82. The molecule has 0 fully saturated rings. The molecular formula is C15H17N3O3. The van der Waals surface area contributed by atoms with Crippen molar-refractivity contribution in [3.05, 3.63) is 47.8 Å². The SMILES string of the molecule is Cc1cc(C(=O)NCC(C)C(=O)O)ccc1-n1cccn1. The molecule has 0 radical (unpaired) electrons. The van der Waals surface area contributed by atoms with Crippen molar-refractivity contribution in [2.75, 3.05) is 6.54 Å². The number of carboxylic acids is 1. The van der Waals surface area contributed by atoms with Gasteiger partial charge in [0.05, 0.1) is 11.6 Å². The first-order chi connectivity index (χ1) is 9.99. The maximum absolute atomic E-state index is 12.0. The van der Waals surface area contributed by atoms with Gasteiger partial charge in [-0.3, -0.25) is 9.59 Å². The van der Waals surface area contributed by atoms with Gasteiger partial charge >= 0.3 is 5.97 Å². The van der Waals surface area contributed by atoms with E-state index in [1.54, 1.807) is 29.9 Å². The predicted molar refractivity (Wildman–Crippen MR) is 77.4 cm³/mol. The average molecular weight is 287 g/mol. The third kappa shape index (κ3) is 3.47. The van der Waals surface area contributed by atoms with Crippen molar-refractivity contribution in [3.8, 4) is 5.69 Å². The number of nitrogens with one attached hydrogen (secondary N) is 1. The first-order valence-electron chi connectivity index (χ1n) is 6.60. The van der Waals surface area contributed by atoms with Crippen LogP contribution in [-0.2, 0) is 4.79 Å². The summed E-state index contributed by atoms with van der Waals surface area (Å²) in [6.45, 7) is 3.55. The molecule has 6 nitrogen and oxygen atoms in total. The first-order valence-corrected chi connectivity index (χ1v) is 6.60. The third-order valence-electron chi connectivity index (χ3n) is 3.20. The fourth-order valence-electron chi connectivity index (χ4n) is 1.90. The molecular weight excluding hydrogens is 270 g/mol. The number of carbonyl (C=O) groups is 2. The van der Waals surface area contributed by atoms with E-state index in [0.717, 1.165) is 11.3 Å². The summed E-state index contributed by atoms with van der Waals surface area (Å²) in [5, 5.41) is 15.6. The van der Waals surface area contributed by atoms with Crippen LogP contribution >= 0.6 is 0 Å². The number of carboxylic acid groups (broad SMARTS) is 1. The minimum atomic E-state index is -0.930. The minimum Gasteiger partial charge on any atom is -0.481 e. The van der Waals surface area contributed by atoms with Crippen LogP contribution in [0.15, 0.2) is 36.7 Å². The highest BCUT2D eigenvalue weighted by Gasteiger charge is 2.14. The molecule has 1 amide bonds. The Kier molecular flexibility index (Phi) is 4.37. The molecule has 1 atom stereocenters. The molecule has 1 unspecified atom stereocenters. The number of carbonyl (C=O) groups excluding carboxylic acids is 1. The normalized spacial score (nSPS) is 11.9. The smallest absolute Gasteiger partial charge is 0.308 e. The average Bonchev–Trinajstić information content (AvgIpc) is 2.97. The third-order valence-corrected chi connectivity index (χ3v) is 3.20. The van der Waals surface area contributed by atoms with Gasteiger partial charge in [0.25, 0.3) is 5.91 Å². The van der Waals surface area contributed by atoms with Gasteiger partial charge in [0.1, 0.15) is 0 Å². The monoisotopic (exact) mass is 287 g/mol. The van der Waals surface area contributed by atoms with Crippen LogP contribution in [0.5, 0.6) is 0 Å². The van der Waals surface area contributed by atoms with Crippen molar-refractivity contribution < 1.29 is 14.7 Å². The maximum atomic E-state index is 12.0. The van der Waals surface area contributed by atoms with Crippen LogP contribution in [-0.4, -0.2) is 33.3 Å². The van der Waals surface area contributed by atoms with E-state index in [4.69, 9.17) is 5.11 Å². The molecule has 2 rings (SSSR count). The molecule has 1 heterocycles. The summed E-state index contributed by atoms with van der Waals surface area (Å²) >= 11 is 0. The van der Waals surface area contributed by atoms with Crippen LogP contribution in [0.2, 0.25) is 0 Å². The Labute approximate surface area is 122 Å². The van der Waals surface area contributed by atoms with Gasteiger partial charge in [-0.05, 0) is 36.8 Å². The highest BCUT2D eigenvalue weighted by atomic mass is 16.4. The molecule has 0 saturated carbocycles. The topological polar surface area (TPSA) is 84.2 Å². The second kappa shape index (κ2) is 6.21. The number of hydrogen-bond donors (Lipinski definition) is 2. The fraction of sp³-hybridized carbons (Fsp3) is 0.267. The van der Waals surface area contributed by atoms with Crippen molar-refractivity contribution in [1.29, 1.82) is 0 Å². The van der Waals surface area contributed by atoms with Crippen molar-refractivity contribution >= 4 is 11.9 Å². The number of aliphatic carboxylic acids is 1. The van der Waals surface area contributed by atoms with Gasteiger partial charge in [0.2, 0.25) is 0 Å². The maximum Gasteiger partial charge on any atom is 0.308 e. The molecule has 6 heteroatoms. The molecule has 1 aromatic carbocycles. The van der Waals surface area contributed by atoms with Crippen LogP contribution < -0.4 is 5.32 Å². The lowest BCUT2D eigenvalue weighted by molar-refractivity contribution is -0.140. The summed E-state index contributed by atoms with van der Waals surface area (Å²) in [6.07, 6.45) is 3.52. The van der Waals surface area contributed by atoms with E-state index in [2.05, 4.69) is 10.4 Å². The van der Waals surface area contributed by atoms with Crippen molar-refractivity contribution in [1.82, 2.24) is 15.1 Å². The molecule has 0 aliphatic carbocycles. The van der Waals surface area contributed by atoms with E-state index >= 15 is 0 Å². The lowest BCUT2D eigenvalue weighted by Gasteiger charge is -2.11. The van der Waals surface area contributed by atoms with Crippen LogP contribution in [0, 0.1) is 12.8 Å². The molecule has 0 aliphatic heterocycles.